The lowest BCUT2D eigenvalue weighted by molar-refractivity contribution is -0.129. The summed E-state index contributed by atoms with van der Waals surface area (Å²) in [5.41, 5.74) is 5.74. The minimum Gasteiger partial charge on any atom is -0.341 e. The largest absolute Gasteiger partial charge is 0.341 e. The summed E-state index contributed by atoms with van der Waals surface area (Å²) in [7, 11) is 0. The first kappa shape index (κ1) is 21.9. The number of carbonyl (C=O) groups is 2. The third-order valence-corrected chi connectivity index (χ3v) is 7.65. The highest BCUT2D eigenvalue weighted by molar-refractivity contribution is 5.97. The van der Waals surface area contributed by atoms with E-state index in [-0.39, 0.29) is 23.8 Å². The molecule has 5 heteroatoms. The van der Waals surface area contributed by atoms with Gasteiger partial charge in [0.15, 0.2) is 0 Å². The van der Waals surface area contributed by atoms with Gasteiger partial charge in [0.1, 0.15) is 0 Å². The lowest BCUT2D eigenvalue weighted by atomic mass is 10.1. The Morgan fingerprint density at radius 3 is 2.11 bits per heavy atom. The molecule has 1 aliphatic heterocycles. The summed E-state index contributed by atoms with van der Waals surface area (Å²) in [6.07, 6.45) is 4.65. The summed E-state index contributed by atoms with van der Waals surface area (Å²) in [5, 5.41) is 3.06. The van der Waals surface area contributed by atoms with Crippen molar-refractivity contribution < 1.29 is 9.59 Å². The van der Waals surface area contributed by atoms with E-state index < -0.39 is 0 Å². The fourth-order valence-corrected chi connectivity index (χ4v) is 5.51. The highest BCUT2D eigenvalue weighted by Crippen LogP contribution is 2.36. The van der Waals surface area contributed by atoms with Gasteiger partial charge in [0.2, 0.25) is 11.8 Å². The molecule has 3 aromatic carbocycles. The Morgan fingerprint density at radius 1 is 0.829 bits per heavy atom. The molecule has 5 nitrogen and oxygen atoms in total. The molecule has 3 aromatic rings. The Hall–Kier alpha value is -3.60. The van der Waals surface area contributed by atoms with Crippen molar-refractivity contribution in [2.75, 3.05) is 23.3 Å². The Bertz CT molecular complexity index is 1190. The first-order chi connectivity index (χ1) is 17.1. The lowest BCUT2D eigenvalue weighted by Crippen LogP contribution is -2.38. The summed E-state index contributed by atoms with van der Waals surface area (Å²) in [4.78, 5) is 30.1. The van der Waals surface area contributed by atoms with E-state index >= 15 is 0 Å². The van der Waals surface area contributed by atoms with Gasteiger partial charge in [-0.05, 0) is 79.1 Å². The number of nitrogens with zero attached hydrogens (tertiary/aromatic N) is 2. The maximum atomic E-state index is 13.0. The molecule has 6 rings (SSSR count). The molecule has 2 aliphatic carbocycles. The molecular weight excluding hydrogens is 434 g/mol. The second-order valence-corrected chi connectivity index (χ2v) is 10.2. The number of anilines is 3. The number of hydrogen-bond donors (Lipinski definition) is 1. The number of likely N-dealkylation sites (tertiary alicyclic amines) is 1. The summed E-state index contributed by atoms with van der Waals surface area (Å²) in [5.74, 6) is 0.477. The molecule has 1 saturated carbocycles. The zero-order chi connectivity index (χ0) is 23.8. The van der Waals surface area contributed by atoms with Gasteiger partial charge in [-0.1, -0.05) is 42.5 Å². The summed E-state index contributed by atoms with van der Waals surface area (Å²) >= 11 is 0. The average molecular weight is 466 g/mol. The third-order valence-electron chi connectivity index (χ3n) is 7.65. The first-order valence-electron chi connectivity index (χ1n) is 12.7. The van der Waals surface area contributed by atoms with Crippen LogP contribution in [0.15, 0.2) is 78.9 Å². The molecule has 1 heterocycles. The minimum atomic E-state index is -0.304. The highest BCUT2D eigenvalue weighted by atomic mass is 16.2. The number of para-hydroxylation sites is 1. The van der Waals surface area contributed by atoms with Crippen LogP contribution in [0, 0.1) is 11.8 Å². The molecule has 1 atom stereocenters. The minimum absolute atomic E-state index is 0.0676. The Kier molecular flexibility index (Phi) is 5.77. The molecule has 3 aliphatic rings. The molecule has 1 N–H and O–H groups in total. The second-order valence-electron chi connectivity index (χ2n) is 10.2. The van der Waals surface area contributed by atoms with E-state index in [0.717, 1.165) is 36.7 Å². The van der Waals surface area contributed by atoms with E-state index in [1.165, 1.54) is 29.7 Å². The predicted octanol–water partition coefficient (Wildman–Crippen LogP) is 5.19. The van der Waals surface area contributed by atoms with Crippen LogP contribution in [0.1, 0.15) is 30.4 Å². The molecule has 0 spiro atoms. The summed E-state index contributed by atoms with van der Waals surface area (Å²) in [6, 6.07) is 27.1. The number of hydrogen-bond acceptors (Lipinski definition) is 3. The van der Waals surface area contributed by atoms with Crippen molar-refractivity contribution in [2.24, 2.45) is 11.8 Å². The molecule has 0 bridgehead atoms. The number of nitrogens with one attached hydrogen (secondary N) is 1. The van der Waals surface area contributed by atoms with Crippen LogP contribution in [0.4, 0.5) is 17.1 Å². The van der Waals surface area contributed by atoms with Crippen molar-refractivity contribution in [1.82, 2.24) is 4.90 Å². The predicted molar refractivity (Wildman–Crippen MR) is 139 cm³/mol. The molecule has 2 fully saturated rings. The van der Waals surface area contributed by atoms with Crippen LogP contribution in [0.2, 0.25) is 0 Å². The number of amides is 2. The maximum absolute atomic E-state index is 13.0. The van der Waals surface area contributed by atoms with E-state index in [2.05, 4.69) is 70.9 Å². The van der Waals surface area contributed by atoms with Crippen LogP contribution >= 0.6 is 0 Å². The number of fused-ring (bicyclic) bond motifs is 1. The normalized spacial score (nSPS) is 19.6. The van der Waals surface area contributed by atoms with Crippen LogP contribution in [0.5, 0.6) is 0 Å². The fraction of sp³-hybridized carbons (Fsp3) is 0.333. The highest BCUT2D eigenvalue weighted by Gasteiger charge is 2.39. The van der Waals surface area contributed by atoms with Crippen molar-refractivity contribution in [3.05, 3.63) is 90.0 Å². The number of benzene rings is 3. The van der Waals surface area contributed by atoms with Crippen molar-refractivity contribution in [3.63, 3.8) is 0 Å². The van der Waals surface area contributed by atoms with Crippen molar-refractivity contribution in [3.8, 4) is 0 Å². The molecule has 0 aromatic heterocycles. The molecule has 178 valence electrons. The van der Waals surface area contributed by atoms with Crippen LogP contribution in [-0.4, -0.2) is 35.8 Å². The van der Waals surface area contributed by atoms with Gasteiger partial charge in [0.05, 0.1) is 5.92 Å². The Labute approximate surface area is 206 Å². The van der Waals surface area contributed by atoms with Gasteiger partial charge < -0.3 is 15.1 Å². The zero-order valence-corrected chi connectivity index (χ0v) is 19.9. The van der Waals surface area contributed by atoms with E-state index in [4.69, 9.17) is 0 Å². The van der Waals surface area contributed by atoms with E-state index in [0.29, 0.717) is 13.0 Å². The quantitative estimate of drug-likeness (QED) is 0.523. The van der Waals surface area contributed by atoms with Crippen LogP contribution in [-0.2, 0) is 22.4 Å². The SMILES string of the molecule is O=C(Nc1ccc(N(CC2CC2)c2ccccc2)cc1)C1CC(=O)N(C2Cc3ccccc3C2)C1. The molecule has 2 amide bonds. The van der Waals surface area contributed by atoms with Gasteiger partial charge in [-0.15, -0.1) is 0 Å². The lowest BCUT2D eigenvalue weighted by Gasteiger charge is -2.25. The van der Waals surface area contributed by atoms with Gasteiger partial charge in [-0.25, -0.2) is 0 Å². The van der Waals surface area contributed by atoms with Crippen molar-refractivity contribution in [1.29, 1.82) is 0 Å². The van der Waals surface area contributed by atoms with Crippen LogP contribution < -0.4 is 10.2 Å². The van der Waals surface area contributed by atoms with Gasteiger partial charge >= 0.3 is 0 Å². The van der Waals surface area contributed by atoms with Crippen molar-refractivity contribution >= 4 is 28.9 Å². The second kappa shape index (κ2) is 9.21. The smallest absolute Gasteiger partial charge is 0.229 e. The summed E-state index contributed by atoms with van der Waals surface area (Å²) in [6.45, 7) is 1.52. The van der Waals surface area contributed by atoms with Gasteiger partial charge in [0.25, 0.3) is 0 Å². The fourth-order valence-electron chi connectivity index (χ4n) is 5.51. The molecule has 0 radical (unpaired) electrons. The monoisotopic (exact) mass is 465 g/mol. The van der Waals surface area contributed by atoms with Crippen molar-refractivity contribution in [2.45, 2.75) is 38.1 Å². The van der Waals surface area contributed by atoms with Crippen LogP contribution in [0.25, 0.3) is 0 Å². The standard InChI is InChI=1S/C30H31N3O2/c34-29-18-24(20-33(29)28-16-22-6-4-5-7-23(22)17-28)30(35)31-25-12-14-27(15-13-25)32(19-21-10-11-21)26-8-2-1-3-9-26/h1-9,12-15,21,24,28H,10-11,16-20H2,(H,31,35). The van der Waals surface area contributed by atoms with E-state index in [1.807, 2.05) is 23.1 Å². The van der Waals surface area contributed by atoms with Crippen LogP contribution in [0.3, 0.4) is 0 Å². The average Bonchev–Trinajstić information content (AvgIpc) is 3.47. The molecule has 1 saturated heterocycles. The number of rotatable bonds is 7. The first-order valence-corrected chi connectivity index (χ1v) is 12.7. The summed E-state index contributed by atoms with van der Waals surface area (Å²) < 4.78 is 0. The number of carbonyl (C=O) groups excluding carboxylic acids is 2. The molecule has 1 unspecified atom stereocenters. The molecular formula is C30H31N3O2. The third kappa shape index (κ3) is 4.68. The van der Waals surface area contributed by atoms with E-state index in [1.54, 1.807) is 0 Å². The Balaban J connectivity index is 1.09. The van der Waals surface area contributed by atoms with Gasteiger partial charge in [0, 0.05) is 42.6 Å². The van der Waals surface area contributed by atoms with Gasteiger partial charge in [-0.3, -0.25) is 9.59 Å². The maximum Gasteiger partial charge on any atom is 0.229 e. The Morgan fingerprint density at radius 2 is 1.46 bits per heavy atom. The topological polar surface area (TPSA) is 52.7 Å². The molecule has 35 heavy (non-hydrogen) atoms. The van der Waals surface area contributed by atoms with E-state index in [9.17, 15) is 9.59 Å². The zero-order valence-electron chi connectivity index (χ0n) is 19.9. The van der Waals surface area contributed by atoms with Gasteiger partial charge in [-0.2, -0.15) is 0 Å².